The van der Waals surface area contributed by atoms with E-state index in [2.05, 4.69) is 6.92 Å². The van der Waals surface area contributed by atoms with E-state index in [1.54, 1.807) is 6.08 Å². The average Bonchev–Trinajstić information content (AvgIpc) is 2.35. The molecule has 0 fully saturated rings. The van der Waals surface area contributed by atoms with Crippen LogP contribution in [-0.4, -0.2) is 22.2 Å². The Morgan fingerprint density at radius 2 is 2.00 bits per heavy atom. The van der Waals surface area contributed by atoms with Crippen molar-refractivity contribution in [3.05, 3.63) is 35.5 Å². The summed E-state index contributed by atoms with van der Waals surface area (Å²) < 4.78 is 0. The number of hydrogen-bond acceptors (Lipinski definition) is 2. The SMILES string of the molecule is CCCCCC=C1C=CC(C)(C(=O)O)C=C1C(=O)O. The first-order chi connectivity index (χ1) is 8.90. The van der Waals surface area contributed by atoms with Crippen LogP contribution in [-0.2, 0) is 9.59 Å². The van der Waals surface area contributed by atoms with Crippen molar-refractivity contribution in [2.45, 2.75) is 39.5 Å². The Morgan fingerprint density at radius 3 is 2.53 bits per heavy atom. The smallest absolute Gasteiger partial charge is 0.336 e. The van der Waals surface area contributed by atoms with Gasteiger partial charge in [0.25, 0.3) is 0 Å². The van der Waals surface area contributed by atoms with E-state index in [0.717, 1.165) is 25.7 Å². The Kier molecular flexibility index (Phi) is 5.10. The molecule has 0 aromatic rings. The molecular weight excluding hydrogens is 244 g/mol. The number of unbranched alkanes of at least 4 members (excludes halogenated alkanes) is 3. The normalized spacial score (nSPS) is 24.3. The molecule has 1 aliphatic rings. The third-order valence-corrected chi connectivity index (χ3v) is 3.23. The van der Waals surface area contributed by atoms with Crippen LogP contribution in [0.1, 0.15) is 39.5 Å². The zero-order chi connectivity index (χ0) is 14.5. The first-order valence-corrected chi connectivity index (χ1v) is 6.50. The Balaban J connectivity index is 2.94. The maximum atomic E-state index is 11.2. The molecule has 0 spiro atoms. The number of carboxylic acids is 2. The van der Waals surface area contributed by atoms with Crippen molar-refractivity contribution < 1.29 is 19.8 Å². The summed E-state index contributed by atoms with van der Waals surface area (Å²) in [6.07, 6.45) is 10.3. The van der Waals surface area contributed by atoms with Gasteiger partial charge in [0.15, 0.2) is 0 Å². The van der Waals surface area contributed by atoms with E-state index in [9.17, 15) is 14.7 Å². The van der Waals surface area contributed by atoms with Crippen molar-refractivity contribution in [2.75, 3.05) is 0 Å². The lowest BCUT2D eigenvalue weighted by Crippen LogP contribution is -2.26. The van der Waals surface area contributed by atoms with Gasteiger partial charge >= 0.3 is 11.9 Å². The van der Waals surface area contributed by atoms with E-state index < -0.39 is 17.4 Å². The minimum atomic E-state index is -1.24. The first-order valence-electron chi connectivity index (χ1n) is 6.50. The summed E-state index contributed by atoms with van der Waals surface area (Å²) >= 11 is 0. The average molecular weight is 264 g/mol. The van der Waals surface area contributed by atoms with Gasteiger partial charge in [-0.05, 0) is 31.4 Å². The topological polar surface area (TPSA) is 74.6 Å². The van der Waals surface area contributed by atoms with Gasteiger partial charge in [-0.25, -0.2) is 4.79 Å². The Morgan fingerprint density at radius 1 is 1.32 bits per heavy atom. The molecule has 1 atom stereocenters. The van der Waals surface area contributed by atoms with Gasteiger partial charge in [-0.1, -0.05) is 38.0 Å². The van der Waals surface area contributed by atoms with Crippen molar-refractivity contribution in [3.8, 4) is 0 Å². The fraction of sp³-hybridized carbons (Fsp3) is 0.467. The van der Waals surface area contributed by atoms with Crippen molar-refractivity contribution in [3.63, 3.8) is 0 Å². The molecular formula is C15H20O4. The van der Waals surface area contributed by atoms with Crippen LogP contribution in [0.5, 0.6) is 0 Å². The van der Waals surface area contributed by atoms with Crippen molar-refractivity contribution in [1.82, 2.24) is 0 Å². The molecule has 0 saturated carbocycles. The molecule has 0 aliphatic heterocycles. The molecule has 0 bridgehead atoms. The highest BCUT2D eigenvalue weighted by atomic mass is 16.4. The molecule has 4 nitrogen and oxygen atoms in total. The maximum absolute atomic E-state index is 11.2. The van der Waals surface area contributed by atoms with Crippen LogP contribution in [0.2, 0.25) is 0 Å². The lowest BCUT2D eigenvalue weighted by molar-refractivity contribution is -0.142. The highest BCUT2D eigenvalue weighted by Gasteiger charge is 2.33. The predicted octanol–water partition coefficient (Wildman–Crippen LogP) is 3.16. The minimum Gasteiger partial charge on any atom is -0.480 e. The summed E-state index contributed by atoms with van der Waals surface area (Å²) in [5, 5.41) is 18.3. The van der Waals surface area contributed by atoms with Crippen LogP contribution in [0.15, 0.2) is 35.5 Å². The molecule has 2 N–H and O–H groups in total. The van der Waals surface area contributed by atoms with Crippen molar-refractivity contribution in [1.29, 1.82) is 0 Å². The fourth-order valence-corrected chi connectivity index (χ4v) is 1.93. The molecule has 104 valence electrons. The van der Waals surface area contributed by atoms with Gasteiger partial charge in [0.2, 0.25) is 0 Å². The van der Waals surface area contributed by atoms with E-state index in [1.165, 1.54) is 19.1 Å². The van der Waals surface area contributed by atoms with Gasteiger partial charge in [-0.15, -0.1) is 0 Å². The molecule has 4 heteroatoms. The number of rotatable bonds is 6. The molecule has 0 saturated heterocycles. The summed E-state index contributed by atoms with van der Waals surface area (Å²) in [6.45, 7) is 3.59. The van der Waals surface area contributed by atoms with Gasteiger partial charge < -0.3 is 10.2 Å². The highest BCUT2D eigenvalue weighted by molar-refractivity contribution is 5.96. The van der Waals surface area contributed by atoms with Gasteiger partial charge in [-0.2, -0.15) is 0 Å². The number of carboxylic acid groups (broad SMARTS) is 2. The summed E-state index contributed by atoms with van der Waals surface area (Å²) in [7, 11) is 0. The molecule has 0 heterocycles. The molecule has 0 aromatic carbocycles. The third kappa shape index (κ3) is 3.81. The van der Waals surface area contributed by atoms with Gasteiger partial charge in [-0.3, -0.25) is 4.79 Å². The monoisotopic (exact) mass is 264 g/mol. The lowest BCUT2D eigenvalue weighted by Gasteiger charge is -2.22. The van der Waals surface area contributed by atoms with Gasteiger partial charge in [0.05, 0.1) is 5.57 Å². The molecule has 1 unspecified atom stereocenters. The second kappa shape index (κ2) is 6.36. The zero-order valence-electron chi connectivity index (χ0n) is 11.3. The van der Waals surface area contributed by atoms with Crippen LogP contribution in [0.25, 0.3) is 0 Å². The predicted molar refractivity (Wildman–Crippen MR) is 72.8 cm³/mol. The Labute approximate surface area is 113 Å². The zero-order valence-corrected chi connectivity index (χ0v) is 11.3. The van der Waals surface area contributed by atoms with E-state index in [1.807, 2.05) is 6.08 Å². The van der Waals surface area contributed by atoms with E-state index in [4.69, 9.17) is 5.11 Å². The number of carbonyl (C=O) groups is 2. The van der Waals surface area contributed by atoms with E-state index in [-0.39, 0.29) is 5.57 Å². The lowest BCUT2D eigenvalue weighted by atomic mass is 9.81. The second-order valence-corrected chi connectivity index (χ2v) is 4.94. The number of allylic oxidation sites excluding steroid dienone is 2. The van der Waals surface area contributed by atoms with Crippen LogP contribution >= 0.6 is 0 Å². The van der Waals surface area contributed by atoms with Gasteiger partial charge in [0.1, 0.15) is 5.41 Å². The fourth-order valence-electron chi connectivity index (χ4n) is 1.93. The summed E-state index contributed by atoms with van der Waals surface area (Å²) in [6, 6.07) is 0. The Hall–Kier alpha value is -1.84. The summed E-state index contributed by atoms with van der Waals surface area (Å²) in [5.74, 6) is -2.13. The Bertz CT molecular complexity index is 457. The molecule has 1 aliphatic carbocycles. The molecule has 0 amide bonds. The maximum Gasteiger partial charge on any atom is 0.336 e. The largest absolute Gasteiger partial charge is 0.480 e. The van der Waals surface area contributed by atoms with Crippen molar-refractivity contribution in [2.24, 2.45) is 5.41 Å². The van der Waals surface area contributed by atoms with E-state index in [0.29, 0.717) is 5.57 Å². The molecule has 0 aromatic heterocycles. The standard InChI is InChI=1S/C15H20O4/c1-3-4-5-6-7-11-8-9-15(2,14(18)19)10-12(11)13(16)17/h7-10H,3-6H2,1-2H3,(H,16,17)(H,18,19). The minimum absolute atomic E-state index is 0.0731. The summed E-state index contributed by atoms with van der Waals surface area (Å²) in [4.78, 5) is 22.4. The van der Waals surface area contributed by atoms with Crippen LogP contribution in [0, 0.1) is 5.41 Å². The summed E-state index contributed by atoms with van der Waals surface area (Å²) in [5.41, 5.74) is -0.569. The number of hydrogen-bond donors (Lipinski definition) is 2. The molecule has 0 radical (unpaired) electrons. The quantitative estimate of drug-likeness (QED) is 0.722. The van der Waals surface area contributed by atoms with Crippen molar-refractivity contribution >= 4 is 11.9 Å². The van der Waals surface area contributed by atoms with Crippen LogP contribution < -0.4 is 0 Å². The highest BCUT2D eigenvalue weighted by Crippen LogP contribution is 2.31. The molecule has 19 heavy (non-hydrogen) atoms. The van der Waals surface area contributed by atoms with Gasteiger partial charge in [0, 0.05) is 0 Å². The van der Waals surface area contributed by atoms with Crippen LogP contribution in [0.3, 0.4) is 0 Å². The third-order valence-electron chi connectivity index (χ3n) is 3.23. The first kappa shape index (κ1) is 15.2. The number of aliphatic carboxylic acids is 2. The van der Waals surface area contributed by atoms with E-state index >= 15 is 0 Å². The van der Waals surface area contributed by atoms with Crippen LogP contribution in [0.4, 0.5) is 0 Å². The molecule has 1 rings (SSSR count). The second-order valence-electron chi connectivity index (χ2n) is 4.94.